The normalized spacial score (nSPS) is 17.3. The van der Waals surface area contributed by atoms with Crippen molar-refractivity contribution in [1.82, 2.24) is 0 Å². The van der Waals surface area contributed by atoms with E-state index in [0.29, 0.717) is 11.4 Å². The second-order valence-electron chi connectivity index (χ2n) is 5.05. The molecule has 118 valence electrons. The Kier molecular flexibility index (Phi) is 4.25. The van der Waals surface area contributed by atoms with Gasteiger partial charge in [0.25, 0.3) is 0 Å². The first kappa shape index (κ1) is 15.4. The van der Waals surface area contributed by atoms with Crippen molar-refractivity contribution in [1.29, 1.82) is 0 Å². The molecule has 6 heteroatoms. The van der Waals surface area contributed by atoms with Gasteiger partial charge in [-0.1, -0.05) is 12.1 Å². The van der Waals surface area contributed by atoms with Gasteiger partial charge in [-0.2, -0.15) is 0 Å². The number of carboxylic acids is 1. The van der Waals surface area contributed by atoms with Crippen LogP contribution in [0.15, 0.2) is 48.5 Å². The molecule has 1 saturated heterocycles. The number of benzene rings is 2. The van der Waals surface area contributed by atoms with Gasteiger partial charge in [-0.05, 0) is 42.0 Å². The number of thioether (sulfide) groups is 1. The summed E-state index contributed by atoms with van der Waals surface area (Å²) in [5.41, 5.74) is 1.91. The third kappa shape index (κ3) is 3.03. The van der Waals surface area contributed by atoms with Crippen molar-refractivity contribution >= 4 is 29.3 Å². The van der Waals surface area contributed by atoms with E-state index in [-0.39, 0.29) is 16.8 Å². The van der Waals surface area contributed by atoms with Gasteiger partial charge in [0.05, 0.1) is 18.4 Å². The van der Waals surface area contributed by atoms with Crippen molar-refractivity contribution in [2.45, 2.75) is 5.37 Å². The van der Waals surface area contributed by atoms with E-state index in [2.05, 4.69) is 0 Å². The van der Waals surface area contributed by atoms with Gasteiger partial charge < -0.3 is 9.84 Å². The van der Waals surface area contributed by atoms with Gasteiger partial charge in [-0.3, -0.25) is 9.69 Å². The number of carboxylic acid groups (broad SMARTS) is 1. The number of aromatic carboxylic acids is 1. The van der Waals surface area contributed by atoms with E-state index in [4.69, 9.17) is 9.84 Å². The fourth-order valence-corrected chi connectivity index (χ4v) is 3.66. The Labute approximate surface area is 137 Å². The molecule has 0 aromatic heterocycles. The molecule has 0 saturated carbocycles. The highest BCUT2D eigenvalue weighted by Gasteiger charge is 2.34. The molecule has 1 heterocycles. The summed E-state index contributed by atoms with van der Waals surface area (Å²) in [7, 11) is 1.61. The lowest BCUT2D eigenvalue weighted by Crippen LogP contribution is -2.27. The molecule has 2 aromatic rings. The summed E-state index contributed by atoms with van der Waals surface area (Å²) in [6.07, 6.45) is 0. The fourth-order valence-electron chi connectivity index (χ4n) is 2.48. The first-order chi connectivity index (χ1) is 11.1. The van der Waals surface area contributed by atoms with E-state index in [1.54, 1.807) is 35.9 Å². The number of carbonyl (C=O) groups is 2. The van der Waals surface area contributed by atoms with E-state index in [9.17, 15) is 9.59 Å². The van der Waals surface area contributed by atoms with Crippen molar-refractivity contribution in [3.8, 4) is 5.75 Å². The summed E-state index contributed by atoms with van der Waals surface area (Å²) in [5.74, 6) is 0.196. The van der Waals surface area contributed by atoms with Crippen LogP contribution >= 0.6 is 11.8 Å². The average molecular weight is 329 g/mol. The van der Waals surface area contributed by atoms with Crippen LogP contribution in [0.4, 0.5) is 5.69 Å². The number of ether oxygens (including phenoxy) is 1. The number of carbonyl (C=O) groups excluding carboxylic acids is 1. The van der Waals surface area contributed by atoms with Crippen molar-refractivity contribution in [2.24, 2.45) is 0 Å². The minimum atomic E-state index is -0.981. The zero-order valence-electron chi connectivity index (χ0n) is 12.4. The first-order valence-electron chi connectivity index (χ1n) is 7.01. The van der Waals surface area contributed by atoms with Gasteiger partial charge in [0.2, 0.25) is 5.91 Å². The molecular formula is C17H15NO4S. The zero-order chi connectivity index (χ0) is 16.4. The van der Waals surface area contributed by atoms with E-state index in [1.807, 2.05) is 24.3 Å². The lowest BCUT2D eigenvalue weighted by atomic mass is 10.1. The molecule has 0 bridgehead atoms. The number of nitrogens with zero attached hydrogens (tertiary/aromatic N) is 1. The molecule has 1 aliphatic rings. The van der Waals surface area contributed by atoms with Crippen LogP contribution in [-0.2, 0) is 4.79 Å². The molecular weight excluding hydrogens is 314 g/mol. The number of hydrogen-bond acceptors (Lipinski definition) is 4. The Morgan fingerprint density at radius 3 is 2.39 bits per heavy atom. The van der Waals surface area contributed by atoms with E-state index >= 15 is 0 Å². The predicted molar refractivity (Wildman–Crippen MR) is 89.1 cm³/mol. The maximum Gasteiger partial charge on any atom is 0.335 e. The SMILES string of the molecule is COc1ccc([C@@H]2SCC(=O)N2c2ccc(C(=O)O)cc2)cc1. The highest BCUT2D eigenvalue weighted by Crippen LogP contribution is 2.42. The standard InChI is InChI=1S/C17H15NO4S/c1-22-14-8-4-11(5-9-14)16-18(15(19)10-23-16)13-6-2-12(3-7-13)17(20)21/h2-9,16H,10H2,1H3,(H,20,21)/t16-/m0/s1. The van der Waals surface area contributed by atoms with E-state index < -0.39 is 5.97 Å². The first-order valence-corrected chi connectivity index (χ1v) is 8.06. The molecule has 23 heavy (non-hydrogen) atoms. The average Bonchev–Trinajstić information content (AvgIpc) is 2.96. The smallest absolute Gasteiger partial charge is 0.335 e. The van der Waals surface area contributed by atoms with Crippen molar-refractivity contribution in [2.75, 3.05) is 17.8 Å². The largest absolute Gasteiger partial charge is 0.497 e. The monoisotopic (exact) mass is 329 g/mol. The van der Waals surface area contributed by atoms with Gasteiger partial charge >= 0.3 is 5.97 Å². The van der Waals surface area contributed by atoms with Gasteiger partial charge in [0.15, 0.2) is 0 Å². The Morgan fingerprint density at radius 2 is 1.83 bits per heavy atom. The Hall–Kier alpha value is -2.47. The van der Waals surface area contributed by atoms with Gasteiger partial charge in [0, 0.05) is 5.69 Å². The lowest BCUT2D eigenvalue weighted by Gasteiger charge is -2.24. The molecule has 0 aliphatic carbocycles. The quantitative estimate of drug-likeness (QED) is 0.933. The molecule has 3 rings (SSSR count). The molecule has 5 nitrogen and oxygen atoms in total. The second kappa shape index (κ2) is 6.34. The highest BCUT2D eigenvalue weighted by atomic mass is 32.2. The summed E-state index contributed by atoms with van der Waals surface area (Å²) in [6.45, 7) is 0. The van der Waals surface area contributed by atoms with Gasteiger partial charge in [-0.15, -0.1) is 11.8 Å². The predicted octanol–water partition coefficient (Wildman–Crippen LogP) is 3.17. The van der Waals surface area contributed by atoms with Crippen LogP contribution in [0, 0.1) is 0 Å². The van der Waals surface area contributed by atoms with Crippen LogP contribution in [0.2, 0.25) is 0 Å². The topological polar surface area (TPSA) is 66.8 Å². The summed E-state index contributed by atoms with van der Waals surface area (Å²) in [5, 5.41) is 8.85. The number of methoxy groups -OCH3 is 1. The molecule has 1 amide bonds. The van der Waals surface area contributed by atoms with Crippen LogP contribution in [-0.4, -0.2) is 29.8 Å². The van der Waals surface area contributed by atoms with E-state index in [1.165, 1.54) is 12.1 Å². The Bertz CT molecular complexity index is 727. The van der Waals surface area contributed by atoms with Crippen LogP contribution in [0.5, 0.6) is 5.75 Å². The third-order valence-corrected chi connectivity index (χ3v) is 4.87. The summed E-state index contributed by atoms with van der Waals surface area (Å²) >= 11 is 1.55. The molecule has 1 atom stereocenters. The number of rotatable bonds is 4. The molecule has 0 radical (unpaired) electrons. The number of amides is 1. The molecule has 1 aliphatic heterocycles. The van der Waals surface area contributed by atoms with Crippen molar-refractivity contribution in [3.05, 3.63) is 59.7 Å². The summed E-state index contributed by atoms with van der Waals surface area (Å²) in [4.78, 5) is 24.9. The maximum atomic E-state index is 12.3. The molecule has 1 fully saturated rings. The van der Waals surface area contributed by atoms with Crippen molar-refractivity contribution < 1.29 is 19.4 Å². The number of anilines is 1. The van der Waals surface area contributed by atoms with Crippen molar-refractivity contribution in [3.63, 3.8) is 0 Å². The molecule has 2 aromatic carbocycles. The van der Waals surface area contributed by atoms with E-state index in [0.717, 1.165) is 11.3 Å². The highest BCUT2D eigenvalue weighted by molar-refractivity contribution is 8.00. The molecule has 1 N–H and O–H groups in total. The Balaban J connectivity index is 1.91. The van der Waals surface area contributed by atoms with Crippen LogP contribution in [0.1, 0.15) is 21.3 Å². The Morgan fingerprint density at radius 1 is 1.17 bits per heavy atom. The minimum absolute atomic E-state index is 0.0129. The lowest BCUT2D eigenvalue weighted by molar-refractivity contribution is -0.115. The molecule has 0 spiro atoms. The fraction of sp³-hybridized carbons (Fsp3) is 0.176. The second-order valence-corrected chi connectivity index (χ2v) is 6.12. The third-order valence-electron chi connectivity index (χ3n) is 3.66. The van der Waals surface area contributed by atoms with Crippen LogP contribution < -0.4 is 9.64 Å². The summed E-state index contributed by atoms with van der Waals surface area (Å²) < 4.78 is 5.16. The minimum Gasteiger partial charge on any atom is -0.497 e. The number of hydrogen-bond donors (Lipinski definition) is 1. The van der Waals surface area contributed by atoms with Gasteiger partial charge in [-0.25, -0.2) is 4.79 Å². The van der Waals surface area contributed by atoms with Crippen LogP contribution in [0.25, 0.3) is 0 Å². The van der Waals surface area contributed by atoms with Gasteiger partial charge in [0.1, 0.15) is 11.1 Å². The molecule has 0 unspecified atom stereocenters. The summed E-state index contributed by atoms with van der Waals surface area (Å²) in [6, 6.07) is 14.0. The zero-order valence-corrected chi connectivity index (χ0v) is 13.2. The maximum absolute atomic E-state index is 12.3. The van der Waals surface area contributed by atoms with Crippen LogP contribution in [0.3, 0.4) is 0 Å².